The van der Waals surface area contributed by atoms with Gasteiger partial charge in [-0.05, 0) is 112 Å². The molecule has 7 N–H and O–H groups in total. The molecule has 0 amide bonds. The number of nitrogens with zero attached hydrogens (tertiary/aromatic N) is 2. The highest BCUT2D eigenvalue weighted by molar-refractivity contribution is 7.87. The minimum atomic E-state index is -5.12. The molecule has 0 aliphatic carbocycles. The fraction of sp³-hybridized carbons (Fsp3) is 0.383. The number of aliphatic carboxylic acids is 2. The fourth-order valence-electron chi connectivity index (χ4n) is 10.0. The summed E-state index contributed by atoms with van der Waals surface area (Å²) in [7, 11) is -24.7. The SMILES string of the molecule is CC1(C)C(/C=C/C=C/C=C2\N(CCCS(=O)(=O)O)c3ccc4c(S(=O)(=O)O)cc(S(=O)(=O)O)cc4c3C2(C)CCCCCC(=O)O)=[N+](CCCCCC(=O)O)c2ccc3c(S(=O)(=O)O)cc(S(=O)(=O)O)cc3c21. The predicted molar refractivity (Wildman–Crippen MR) is 269 cm³/mol. The van der Waals surface area contributed by atoms with Crippen LogP contribution < -0.4 is 4.90 Å². The van der Waals surface area contributed by atoms with E-state index < -0.39 is 98.7 Å². The molecule has 6 rings (SSSR count). The molecule has 4 aromatic carbocycles. The number of allylic oxidation sites excluding steroid dienone is 6. The molecule has 2 aliphatic rings. The topological polar surface area (TPSA) is 353 Å². The van der Waals surface area contributed by atoms with Crippen molar-refractivity contribution in [2.75, 3.05) is 23.7 Å². The van der Waals surface area contributed by atoms with E-state index in [2.05, 4.69) is 0 Å². The first-order valence-electron chi connectivity index (χ1n) is 22.7. The van der Waals surface area contributed by atoms with Crippen molar-refractivity contribution < 1.29 is 89.2 Å². The van der Waals surface area contributed by atoms with Gasteiger partial charge in [0.05, 0.1) is 21.0 Å². The van der Waals surface area contributed by atoms with Gasteiger partial charge in [-0.2, -0.15) is 46.7 Å². The fourth-order valence-corrected chi connectivity index (χ4v) is 13.2. The summed E-state index contributed by atoms with van der Waals surface area (Å²) in [6, 6.07) is 9.29. The van der Waals surface area contributed by atoms with E-state index in [1.165, 1.54) is 18.2 Å². The van der Waals surface area contributed by atoms with Crippen LogP contribution in [0.2, 0.25) is 0 Å². The van der Waals surface area contributed by atoms with Crippen LogP contribution in [0.3, 0.4) is 0 Å². The Morgan fingerprint density at radius 1 is 0.589 bits per heavy atom. The molecule has 0 aromatic heterocycles. The first-order valence-corrected chi connectivity index (χ1v) is 30.0. The van der Waals surface area contributed by atoms with Crippen LogP contribution in [0.1, 0.15) is 96.1 Å². The lowest BCUT2D eigenvalue weighted by Crippen LogP contribution is -2.30. The van der Waals surface area contributed by atoms with Gasteiger partial charge in [0.2, 0.25) is 5.69 Å². The molecule has 0 saturated carbocycles. The Morgan fingerprint density at radius 3 is 1.62 bits per heavy atom. The van der Waals surface area contributed by atoms with Crippen molar-refractivity contribution >= 4 is 101 Å². The number of anilines is 1. The predicted octanol–water partition coefficient (Wildman–Crippen LogP) is 7.09. The average Bonchev–Trinajstić information content (AvgIpc) is 3.62. The minimum absolute atomic E-state index is 0.00256. The third-order valence-corrected chi connectivity index (χ3v) is 17.4. The largest absolute Gasteiger partial charge is 0.481 e. The first kappa shape index (κ1) is 56.9. The summed E-state index contributed by atoms with van der Waals surface area (Å²) in [5.74, 6) is -2.65. The number of carboxylic acids is 2. The van der Waals surface area contributed by atoms with E-state index >= 15 is 0 Å². The van der Waals surface area contributed by atoms with E-state index in [1.54, 1.807) is 62.1 Å². The second-order valence-electron chi connectivity index (χ2n) is 18.6. The number of hydrogen-bond acceptors (Lipinski definition) is 13. The van der Waals surface area contributed by atoms with Crippen LogP contribution in [-0.2, 0) is 71.0 Å². The van der Waals surface area contributed by atoms with Gasteiger partial charge >= 0.3 is 11.9 Å². The zero-order valence-electron chi connectivity index (χ0n) is 39.7. The van der Waals surface area contributed by atoms with Crippen LogP contribution in [0.15, 0.2) is 104 Å². The molecular weight excluding hydrogens is 1060 g/mol. The Morgan fingerprint density at radius 2 is 1.11 bits per heavy atom. The van der Waals surface area contributed by atoms with Crippen molar-refractivity contribution in [2.24, 2.45) is 0 Å². The molecule has 1 unspecified atom stereocenters. The van der Waals surface area contributed by atoms with Gasteiger partial charge in [0.25, 0.3) is 50.6 Å². The third-order valence-electron chi connectivity index (χ3n) is 13.1. The van der Waals surface area contributed by atoms with E-state index in [0.29, 0.717) is 84.7 Å². The summed E-state index contributed by atoms with van der Waals surface area (Å²) in [5.41, 5.74) is 0.497. The standard InChI is InChI=1S/C47H54N2O19S5/c1-46(2)40(48(23-12-6-10-17-43(52)53)36-20-18-32-34(44(36)46)26-30(70(57,58)59)28-38(32)72(63,64)65)14-7-4-8-15-41-47(3,22-11-5-9-16-42(50)51)45-35-27-31(71(60,61)62)29-39(73(66,67)68)33(35)19-21-37(45)49(41)24-13-25-69(54,55)56/h4,7-8,14-15,18-21,26-29H,5-6,9-13,16-17,22-25H2,1-3H3,(H6-,50,51,52,53,54,55,56,57,58,59,60,61,62,63,64,65,66,67,68)/p+1. The zero-order chi connectivity index (χ0) is 54.3. The number of rotatable bonds is 23. The Labute approximate surface area is 423 Å². The number of hydrogen-bond donors (Lipinski definition) is 7. The van der Waals surface area contributed by atoms with Gasteiger partial charge in [0, 0.05) is 71.1 Å². The van der Waals surface area contributed by atoms with E-state index in [1.807, 2.05) is 4.58 Å². The highest BCUT2D eigenvalue weighted by Crippen LogP contribution is 2.54. The maximum Gasteiger partial charge on any atom is 0.303 e. The van der Waals surface area contributed by atoms with Crippen LogP contribution in [0, 0.1) is 0 Å². The molecule has 0 saturated heterocycles. The van der Waals surface area contributed by atoms with Crippen molar-refractivity contribution in [3.05, 3.63) is 95.7 Å². The maximum absolute atomic E-state index is 12.8. The van der Waals surface area contributed by atoms with Crippen molar-refractivity contribution in [2.45, 2.75) is 115 Å². The van der Waals surface area contributed by atoms with Crippen LogP contribution in [-0.4, -0.2) is 116 Å². The molecule has 2 heterocycles. The van der Waals surface area contributed by atoms with Gasteiger partial charge in [-0.3, -0.25) is 32.4 Å². The molecule has 26 heteroatoms. The highest BCUT2D eigenvalue weighted by atomic mass is 32.2. The Hall–Kier alpha value is -5.42. The average molecular weight is 1110 g/mol. The number of carbonyl (C=O) groups is 2. The number of fused-ring (bicyclic) bond motifs is 6. The third kappa shape index (κ3) is 12.6. The molecule has 2 aliphatic heterocycles. The molecule has 396 valence electrons. The monoisotopic (exact) mass is 1110 g/mol. The molecule has 73 heavy (non-hydrogen) atoms. The highest BCUT2D eigenvalue weighted by Gasteiger charge is 2.47. The Balaban J connectivity index is 1.53. The summed E-state index contributed by atoms with van der Waals surface area (Å²) < 4.78 is 177. The lowest BCUT2D eigenvalue weighted by atomic mass is 9.75. The van der Waals surface area contributed by atoms with Crippen LogP contribution in [0.4, 0.5) is 11.4 Å². The first-order chi connectivity index (χ1) is 33.7. The van der Waals surface area contributed by atoms with Gasteiger partial charge < -0.3 is 15.1 Å². The van der Waals surface area contributed by atoms with Crippen molar-refractivity contribution in [1.29, 1.82) is 0 Å². The quantitative estimate of drug-likeness (QED) is 0.0169. The Bertz CT molecular complexity index is 3640. The summed E-state index contributed by atoms with van der Waals surface area (Å²) in [6.45, 7) is 5.60. The maximum atomic E-state index is 12.8. The lowest BCUT2D eigenvalue weighted by molar-refractivity contribution is -0.438. The minimum Gasteiger partial charge on any atom is -0.481 e. The van der Waals surface area contributed by atoms with Crippen molar-refractivity contribution in [1.82, 2.24) is 0 Å². The number of unbranched alkanes of at least 4 members (excludes halogenated alkanes) is 4. The van der Waals surface area contributed by atoms with E-state index in [4.69, 9.17) is 0 Å². The van der Waals surface area contributed by atoms with Gasteiger partial charge in [0.1, 0.15) is 16.3 Å². The van der Waals surface area contributed by atoms with Gasteiger partial charge in [0.15, 0.2) is 5.71 Å². The number of carboxylic acid groups (broad SMARTS) is 2. The van der Waals surface area contributed by atoms with Crippen molar-refractivity contribution in [3.63, 3.8) is 0 Å². The molecule has 21 nitrogen and oxygen atoms in total. The van der Waals surface area contributed by atoms with Gasteiger partial charge in [-0.25, -0.2) is 0 Å². The van der Waals surface area contributed by atoms with Gasteiger partial charge in [-0.15, -0.1) is 0 Å². The zero-order valence-corrected chi connectivity index (χ0v) is 43.7. The van der Waals surface area contributed by atoms with E-state index in [9.17, 15) is 84.7 Å². The van der Waals surface area contributed by atoms with Crippen LogP contribution in [0.25, 0.3) is 21.5 Å². The second kappa shape index (κ2) is 21.1. The molecule has 0 radical (unpaired) electrons. The summed E-state index contributed by atoms with van der Waals surface area (Å²) in [4.78, 5) is 21.1. The van der Waals surface area contributed by atoms with Crippen LogP contribution in [0.5, 0.6) is 0 Å². The molecule has 4 aromatic rings. The number of benzene rings is 4. The summed E-state index contributed by atoms with van der Waals surface area (Å²) in [5, 5.41) is 18.5. The van der Waals surface area contributed by atoms with E-state index in [-0.39, 0.29) is 60.2 Å². The molecule has 0 spiro atoms. The lowest BCUT2D eigenvalue weighted by Gasteiger charge is -2.31. The molecule has 0 fully saturated rings. The Kier molecular flexibility index (Phi) is 16.4. The van der Waals surface area contributed by atoms with Crippen molar-refractivity contribution in [3.8, 4) is 0 Å². The molecule has 0 bridgehead atoms. The molecular formula is C47H55N2O19S5+. The summed E-state index contributed by atoms with van der Waals surface area (Å²) >= 11 is 0. The second-order valence-corrected chi connectivity index (χ2v) is 25.8. The smallest absolute Gasteiger partial charge is 0.303 e. The van der Waals surface area contributed by atoms with E-state index in [0.717, 1.165) is 12.1 Å². The van der Waals surface area contributed by atoms with Crippen LogP contribution >= 0.6 is 0 Å². The summed E-state index contributed by atoms with van der Waals surface area (Å²) in [6.07, 6.45) is 10.6. The van der Waals surface area contributed by atoms with Gasteiger partial charge in [-0.1, -0.05) is 37.1 Å². The molecule has 1 atom stereocenters. The normalized spacial score (nSPS) is 18.0.